The van der Waals surface area contributed by atoms with E-state index in [9.17, 15) is 9.59 Å². The molecule has 2 N–H and O–H groups in total. The molecule has 0 spiro atoms. The highest BCUT2D eigenvalue weighted by atomic mass is 35.5. The maximum absolute atomic E-state index is 10.9. The first-order chi connectivity index (χ1) is 8.99. The van der Waals surface area contributed by atoms with Gasteiger partial charge in [-0.05, 0) is 35.9 Å². The molecule has 2 aromatic rings. The van der Waals surface area contributed by atoms with E-state index in [2.05, 4.69) is 0 Å². The van der Waals surface area contributed by atoms with Gasteiger partial charge < -0.3 is 10.2 Å². The Morgan fingerprint density at radius 3 is 2.16 bits per heavy atom. The molecule has 2 rings (SSSR count). The number of carboxylic acids is 2. The quantitative estimate of drug-likeness (QED) is 0.901. The predicted molar refractivity (Wildman–Crippen MR) is 70.8 cm³/mol. The van der Waals surface area contributed by atoms with Gasteiger partial charge in [0.05, 0.1) is 11.1 Å². The number of halogens is 1. The van der Waals surface area contributed by atoms with Crippen LogP contribution >= 0.6 is 11.6 Å². The van der Waals surface area contributed by atoms with Crippen molar-refractivity contribution in [3.63, 3.8) is 0 Å². The molecule has 0 saturated heterocycles. The SMILES string of the molecule is O=C(O)c1cccc(-c2cc(C(=O)O)ccc2Cl)c1. The van der Waals surface area contributed by atoms with E-state index in [1.54, 1.807) is 12.1 Å². The van der Waals surface area contributed by atoms with Crippen molar-refractivity contribution in [1.29, 1.82) is 0 Å². The molecule has 0 unspecified atom stereocenters. The number of hydrogen-bond donors (Lipinski definition) is 2. The van der Waals surface area contributed by atoms with Crippen LogP contribution in [0.1, 0.15) is 20.7 Å². The van der Waals surface area contributed by atoms with Crippen LogP contribution in [0.4, 0.5) is 0 Å². The fourth-order valence-electron chi connectivity index (χ4n) is 1.70. The highest BCUT2D eigenvalue weighted by molar-refractivity contribution is 6.33. The van der Waals surface area contributed by atoms with E-state index in [4.69, 9.17) is 21.8 Å². The maximum atomic E-state index is 10.9. The molecule has 5 heteroatoms. The van der Waals surface area contributed by atoms with Crippen molar-refractivity contribution in [3.8, 4) is 11.1 Å². The number of hydrogen-bond acceptors (Lipinski definition) is 2. The Kier molecular flexibility index (Phi) is 3.53. The van der Waals surface area contributed by atoms with E-state index in [1.807, 2.05) is 0 Å². The normalized spacial score (nSPS) is 10.2. The average Bonchev–Trinajstić information content (AvgIpc) is 2.39. The zero-order valence-corrected chi connectivity index (χ0v) is 10.4. The lowest BCUT2D eigenvalue weighted by molar-refractivity contribution is 0.0686. The third-order valence-electron chi connectivity index (χ3n) is 2.63. The molecule has 0 radical (unpaired) electrons. The van der Waals surface area contributed by atoms with Crippen molar-refractivity contribution >= 4 is 23.5 Å². The van der Waals surface area contributed by atoms with Gasteiger partial charge in [-0.15, -0.1) is 0 Å². The molecule has 96 valence electrons. The zero-order chi connectivity index (χ0) is 14.0. The summed E-state index contributed by atoms with van der Waals surface area (Å²) >= 11 is 6.03. The molecular formula is C14H9ClO4. The monoisotopic (exact) mass is 276 g/mol. The summed E-state index contributed by atoms with van der Waals surface area (Å²) in [6, 6.07) is 10.5. The molecule has 0 bridgehead atoms. The number of carboxylic acid groups (broad SMARTS) is 2. The molecule has 0 aliphatic heterocycles. The highest BCUT2D eigenvalue weighted by Gasteiger charge is 2.11. The Morgan fingerprint density at radius 2 is 1.53 bits per heavy atom. The van der Waals surface area contributed by atoms with Gasteiger partial charge in [0.25, 0.3) is 0 Å². The van der Waals surface area contributed by atoms with Crippen LogP contribution in [-0.2, 0) is 0 Å². The zero-order valence-electron chi connectivity index (χ0n) is 9.63. The van der Waals surface area contributed by atoms with Crippen molar-refractivity contribution in [2.75, 3.05) is 0 Å². The Bertz CT molecular complexity index is 664. The maximum Gasteiger partial charge on any atom is 0.335 e. The number of aromatic carboxylic acids is 2. The summed E-state index contributed by atoms with van der Waals surface area (Å²) in [5, 5.41) is 18.3. The Morgan fingerprint density at radius 1 is 0.895 bits per heavy atom. The molecule has 4 nitrogen and oxygen atoms in total. The second-order valence-electron chi connectivity index (χ2n) is 3.89. The van der Waals surface area contributed by atoms with Crippen LogP contribution in [0.25, 0.3) is 11.1 Å². The first kappa shape index (κ1) is 13.1. The first-order valence-electron chi connectivity index (χ1n) is 5.35. The summed E-state index contributed by atoms with van der Waals surface area (Å²) in [7, 11) is 0. The Labute approximate surface area is 113 Å². The summed E-state index contributed by atoms with van der Waals surface area (Å²) in [6.45, 7) is 0. The average molecular weight is 277 g/mol. The molecule has 0 aliphatic carbocycles. The molecule has 0 atom stereocenters. The van der Waals surface area contributed by atoms with Gasteiger partial charge in [0.15, 0.2) is 0 Å². The van der Waals surface area contributed by atoms with Crippen LogP contribution in [0.15, 0.2) is 42.5 Å². The van der Waals surface area contributed by atoms with Gasteiger partial charge in [0, 0.05) is 10.6 Å². The number of benzene rings is 2. The standard InChI is InChI=1S/C14H9ClO4/c15-12-5-4-10(14(18)19)7-11(12)8-2-1-3-9(6-8)13(16)17/h1-7H,(H,16,17)(H,18,19). The highest BCUT2D eigenvalue weighted by Crippen LogP contribution is 2.29. The minimum Gasteiger partial charge on any atom is -0.478 e. The van der Waals surface area contributed by atoms with Gasteiger partial charge in [-0.2, -0.15) is 0 Å². The Balaban J connectivity index is 2.57. The number of rotatable bonds is 3. The summed E-state index contributed by atoms with van der Waals surface area (Å²) in [5.41, 5.74) is 1.27. The van der Waals surface area contributed by atoms with E-state index < -0.39 is 11.9 Å². The largest absolute Gasteiger partial charge is 0.478 e. The minimum absolute atomic E-state index is 0.0973. The van der Waals surface area contributed by atoms with Crippen molar-refractivity contribution in [3.05, 3.63) is 58.6 Å². The fraction of sp³-hybridized carbons (Fsp3) is 0. The van der Waals surface area contributed by atoms with Gasteiger partial charge in [-0.3, -0.25) is 0 Å². The molecule has 0 saturated carbocycles. The second-order valence-corrected chi connectivity index (χ2v) is 4.29. The van der Waals surface area contributed by atoms with E-state index in [0.29, 0.717) is 16.1 Å². The summed E-state index contributed by atoms with van der Waals surface area (Å²) < 4.78 is 0. The summed E-state index contributed by atoms with van der Waals surface area (Å²) in [6.07, 6.45) is 0. The molecule has 0 aliphatic rings. The van der Waals surface area contributed by atoms with Gasteiger partial charge in [0.1, 0.15) is 0 Å². The lowest BCUT2D eigenvalue weighted by Gasteiger charge is -2.07. The van der Waals surface area contributed by atoms with Gasteiger partial charge in [0.2, 0.25) is 0 Å². The van der Waals surface area contributed by atoms with Crippen LogP contribution in [-0.4, -0.2) is 22.2 Å². The fourth-order valence-corrected chi connectivity index (χ4v) is 1.93. The van der Waals surface area contributed by atoms with Gasteiger partial charge in [-0.25, -0.2) is 9.59 Å². The van der Waals surface area contributed by atoms with Crippen molar-refractivity contribution in [2.24, 2.45) is 0 Å². The van der Waals surface area contributed by atoms with Gasteiger partial charge in [-0.1, -0.05) is 23.7 Å². The molecule has 2 aromatic carbocycles. The second kappa shape index (κ2) is 5.12. The molecular weight excluding hydrogens is 268 g/mol. The van der Waals surface area contributed by atoms with Crippen LogP contribution in [0, 0.1) is 0 Å². The van der Waals surface area contributed by atoms with Crippen molar-refractivity contribution in [2.45, 2.75) is 0 Å². The van der Waals surface area contributed by atoms with Crippen LogP contribution in [0.3, 0.4) is 0 Å². The van der Waals surface area contributed by atoms with E-state index in [1.165, 1.54) is 30.3 Å². The first-order valence-corrected chi connectivity index (χ1v) is 5.73. The van der Waals surface area contributed by atoms with Crippen LogP contribution in [0.2, 0.25) is 5.02 Å². The molecule has 0 aromatic heterocycles. The Hall–Kier alpha value is -2.33. The molecule has 0 heterocycles. The predicted octanol–water partition coefficient (Wildman–Crippen LogP) is 3.40. The van der Waals surface area contributed by atoms with Gasteiger partial charge >= 0.3 is 11.9 Å². The van der Waals surface area contributed by atoms with Crippen LogP contribution < -0.4 is 0 Å². The molecule has 19 heavy (non-hydrogen) atoms. The third kappa shape index (κ3) is 2.74. The summed E-state index contributed by atoms with van der Waals surface area (Å²) in [4.78, 5) is 21.9. The third-order valence-corrected chi connectivity index (χ3v) is 2.96. The van der Waals surface area contributed by atoms with E-state index >= 15 is 0 Å². The van der Waals surface area contributed by atoms with Crippen LogP contribution in [0.5, 0.6) is 0 Å². The topological polar surface area (TPSA) is 74.6 Å². The minimum atomic E-state index is -1.06. The lowest BCUT2D eigenvalue weighted by Crippen LogP contribution is -1.98. The van der Waals surface area contributed by atoms with Crippen molar-refractivity contribution < 1.29 is 19.8 Å². The smallest absolute Gasteiger partial charge is 0.335 e. The van der Waals surface area contributed by atoms with Crippen molar-refractivity contribution in [1.82, 2.24) is 0 Å². The number of carbonyl (C=O) groups is 2. The molecule has 0 fully saturated rings. The molecule has 0 amide bonds. The van der Waals surface area contributed by atoms with E-state index in [-0.39, 0.29) is 11.1 Å². The summed E-state index contributed by atoms with van der Waals surface area (Å²) in [5.74, 6) is -2.11. The lowest BCUT2D eigenvalue weighted by atomic mass is 10.0. The van der Waals surface area contributed by atoms with E-state index in [0.717, 1.165) is 0 Å².